The second-order valence-corrected chi connectivity index (χ2v) is 23.4. The van der Waals surface area contributed by atoms with Gasteiger partial charge in [-0.3, -0.25) is 0 Å². The Hall–Kier alpha value is -8.42. The van der Waals surface area contributed by atoms with Crippen LogP contribution in [-0.2, 0) is 5.41 Å². The van der Waals surface area contributed by atoms with Crippen LogP contribution < -0.4 is 20.6 Å². The number of fused-ring (bicyclic) bond motifs is 15. The molecule has 11 aromatic carbocycles. The zero-order valence-electron chi connectivity index (χ0n) is 41.0. The summed E-state index contributed by atoms with van der Waals surface area (Å²) in [6.45, 7) is 6.72. The molecule has 0 amide bonds. The van der Waals surface area contributed by atoms with Crippen LogP contribution >= 0.6 is 22.7 Å². The first-order valence-electron chi connectivity index (χ1n) is 25.6. The van der Waals surface area contributed by atoms with E-state index in [-0.39, 0.29) is 12.3 Å². The molecule has 0 radical (unpaired) electrons. The van der Waals surface area contributed by atoms with Crippen molar-refractivity contribution in [1.82, 2.24) is 0 Å². The molecule has 0 fully saturated rings. The highest BCUT2D eigenvalue weighted by molar-refractivity contribution is 7.26. The van der Waals surface area contributed by atoms with Gasteiger partial charge in [-0.15, -0.1) is 22.7 Å². The molecule has 0 bridgehead atoms. The van der Waals surface area contributed by atoms with Gasteiger partial charge < -0.3 is 14.1 Å². The van der Waals surface area contributed by atoms with Crippen LogP contribution in [0.3, 0.4) is 0 Å². The fraction of sp³-hybridized carbons (Fsp3) is 0.0588. The Morgan fingerprint density at radius 2 is 1.04 bits per heavy atom. The number of hydrogen-bond donors (Lipinski definition) is 0. The molecular formula is C68H45BN2OS2. The summed E-state index contributed by atoms with van der Waals surface area (Å²) < 4.78 is 12.5. The third-order valence-electron chi connectivity index (χ3n) is 15.9. The number of anilines is 5. The highest BCUT2D eigenvalue weighted by atomic mass is 32.1. The molecule has 0 saturated carbocycles. The van der Waals surface area contributed by atoms with Crippen LogP contribution in [0.1, 0.15) is 26.3 Å². The average molecular weight is 981 g/mol. The summed E-state index contributed by atoms with van der Waals surface area (Å²) >= 11 is 3.79. The fourth-order valence-electron chi connectivity index (χ4n) is 12.4. The van der Waals surface area contributed by atoms with Crippen molar-refractivity contribution < 1.29 is 4.42 Å². The molecule has 348 valence electrons. The maximum atomic E-state index is 7.35. The SMILES string of the molecule is CC(C)(C)c1ccc(N2c3cc4c(cc3B3c5c(cc6c(oc7ccccc76)c52)-c2cc5sc6ccccc6c5cc2N3c2ccc(-c3ccccc3)cc2)sc2cc3ccccc3cc24)c(-c2ccccc2)c1. The summed E-state index contributed by atoms with van der Waals surface area (Å²) in [4.78, 5) is 5.27. The lowest BCUT2D eigenvalue weighted by Crippen LogP contribution is -2.61. The monoisotopic (exact) mass is 980 g/mol. The molecule has 2 aliphatic heterocycles. The molecule has 14 aromatic rings. The first-order valence-corrected chi connectivity index (χ1v) is 27.2. The van der Waals surface area contributed by atoms with Gasteiger partial charge in [-0.1, -0.05) is 160 Å². The van der Waals surface area contributed by atoms with Crippen LogP contribution in [-0.4, -0.2) is 6.85 Å². The minimum atomic E-state index is -0.232. The fourth-order valence-corrected chi connectivity index (χ4v) is 14.7. The number of hydrogen-bond acceptors (Lipinski definition) is 5. The summed E-state index contributed by atoms with van der Waals surface area (Å²) in [7, 11) is 0. The minimum absolute atomic E-state index is 0.0758. The quantitative estimate of drug-likeness (QED) is 0.164. The van der Waals surface area contributed by atoms with Crippen LogP contribution in [0.15, 0.2) is 223 Å². The first-order chi connectivity index (χ1) is 36.3. The van der Waals surface area contributed by atoms with Gasteiger partial charge >= 0.3 is 6.85 Å². The van der Waals surface area contributed by atoms with Gasteiger partial charge in [-0.05, 0) is 134 Å². The Labute approximate surface area is 436 Å². The highest BCUT2D eigenvalue weighted by Crippen LogP contribution is 2.55. The zero-order valence-corrected chi connectivity index (χ0v) is 42.6. The van der Waals surface area contributed by atoms with E-state index in [2.05, 4.69) is 249 Å². The number of rotatable bonds is 4. The number of thiophene rings is 2. The summed E-state index contributed by atoms with van der Waals surface area (Å²) in [5.74, 6) is 0. The number of nitrogens with zero attached hydrogens (tertiary/aromatic N) is 2. The number of furan rings is 1. The third kappa shape index (κ3) is 6.13. The van der Waals surface area contributed by atoms with Crippen molar-refractivity contribution in [3.8, 4) is 33.4 Å². The summed E-state index contributed by atoms with van der Waals surface area (Å²) in [6.07, 6.45) is 0. The van der Waals surface area contributed by atoms with Crippen LogP contribution in [0.5, 0.6) is 0 Å². The predicted molar refractivity (Wildman–Crippen MR) is 320 cm³/mol. The molecule has 3 nitrogen and oxygen atoms in total. The van der Waals surface area contributed by atoms with Crippen LogP contribution in [0, 0.1) is 0 Å². The maximum Gasteiger partial charge on any atom is 0.333 e. The van der Waals surface area contributed by atoms with E-state index >= 15 is 0 Å². The van der Waals surface area contributed by atoms with E-state index in [1.807, 2.05) is 22.7 Å². The Morgan fingerprint density at radius 3 is 1.84 bits per heavy atom. The molecule has 6 heteroatoms. The molecule has 0 aliphatic carbocycles. The molecule has 0 atom stereocenters. The van der Waals surface area contributed by atoms with Crippen molar-refractivity contribution in [2.45, 2.75) is 26.2 Å². The topological polar surface area (TPSA) is 19.6 Å². The molecule has 5 heterocycles. The Balaban J connectivity index is 1.09. The third-order valence-corrected chi connectivity index (χ3v) is 18.2. The molecular weight excluding hydrogens is 936 g/mol. The van der Waals surface area contributed by atoms with Gasteiger partial charge in [-0.2, -0.15) is 0 Å². The predicted octanol–water partition coefficient (Wildman–Crippen LogP) is 18.8. The lowest BCUT2D eigenvalue weighted by atomic mass is 9.43. The second-order valence-electron chi connectivity index (χ2n) is 21.2. The van der Waals surface area contributed by atoms with Crippen LogP contribution in [0.4, 0.5) is 28.4 Å². The average Bonchev–Trinajstić information content (AvgIpc) is 4.23. The summed E-state index contributed by atoms with van der Waals surface area (Å²) in [5.41, 5.74) is 18.4. The lowest BCUT2D eigenvalue weighted by Gasteiger charge is -2.46. The van der Waals surface area contributed by atoms with Crippen molar-refractivity contribution >= 4 is 142 Å². The van der Waals surface area contributed by atoms with Crippen molar-refractivity contribution in [3.63, 3.8) is 0 Å². The summed E-state index contributed by atoms with van der Waals surface area (Å²) in [5, 5.41) is 9.85. The number of benzene rings is 11. The Morgan fingerprint density at radius 1 is 0.419 bits per heavy atom. The van der Waals surface area contributed by atoms with E-state index < -0.39 is 0 Å². The molecule has 74 heavy (non-hydrogen) atoms. The molecule has 3 aromatic heterocycles. The van der Waals surface area contributed by atoms with E-state index in [0.29, 0.717) is 0 Å². The van der Waals surface area contributed by atoms with Crippen molar-refractivity contribution in [2.24, 2.45) is 0 Å². The van der Waals surface area contributed by atoms with Gasteiger partial charge in [0.2, 0.25) is 0 Å². The van der Waals surface area contributed by atoms with E-state index in [1.165, 1.54) is 107 Å². The normalized spacial score (nSPS) is 13.3. The molecule has 0 N–H and O–H groups in total. The van der Waals surface area contributed by atoms with Gasteiger partial charge in [0.25, 0.3) is 0 Å². The van der Waals surface area contributed by atoms with Gasteiger partial charge in [-0.25, -0.2) is 0 Å². The van der Waals surface area contributed by atoms with Crippen LogP contribution in [0.25, 0.3) is 106 Å². The molecule has 2 aliphatic rings. The molecule has 0 unspecified atom stereocenters. The largest absolute Gasteiger partial charge is 0.454 e. The second kappa shape index (κ2) is 15.6. The first kappa shape index (κ1) is 42.1. The minimum Gasteiger partial charge on any atom is -0.454 e. The summed E-state index contributed by atoms with van der Waals surface area (Å²) in [6, 6.07) is 81.9. The number of para-hydroxylation sites is 1. The molecule has 16 rings (SSSR count). The Bertz CT molecular complexity index is 4660. The lowest BCUT2D eigenvalue weighted by molar-refractivity contribution is 0.590. The van der Waals surface area contributed by atoms with Gasteiger partial charge in [0.05, 0.1) is 11.4 Å². The van der Waals surface area contributed by atoms with Crippen molar-refractivity contribution in [1.29, 1.82) is 0 Å². The van der Waals surface area contributed by atoms with Crippen molar-refractivity contribution in [2.75, 3.05) is 9.71 Å². The smallest absolute Gasteiger partial charge is 0.333 e. The van der Waals surface area contributed by atoms with E-state index in [0.717, 1.165) is 44.7 Å². The van der Waals surface area contributed by atoms with Gasteiger partial charge in [0, 0.05) is 79.3 Å². The zero-order chi connectivity index (χ0) is 49.0. The van der Waals surface area contributed by atoms with Gasteiger partial charge in [0.15, 0.2) is 5.58 Å². The molecule has 0 spiro atoms. The maximum absolute atomic E-state index is 7.35. The highest BCUT2D eigenvalue weighted by Gasteiger charge is 2.47. The van der Waals surface area contributed by atoms with E-state index in [9.17, 15) is 0 Å². The Kier molecular flexibility index (Phi) is 8.85. The van der Waals surface area contributed by atoms with E-state index in [1.54, 1.807) is 0 Å². The molecule has 0 saturated heterocycles. The van der Waals surface area contributed by atoms with Gasteiger partial charge in [0.1, 0.15) is 5.58 Å². The van der Waals surface area contributed by atoms with Crippen molar-refractivity contribution in [3.05, 3.63) is 224 Å². The van der Waals surface area contributed by atoms with Crippen LogP contribution in [0.2, 0.25) is 0 Å². The van der Waals surface area contributed by atoms with E-state index in [4.69, 9.17) is 4.42 Å². The standard InChI is InChI=1S/C68H45BN2OS2/c1-68(2,3)45-28-31-57(49(34-45)42-18-8-5-9-19-42)70-59-37-53-51-32-43-20-10-11-21-44(43)33-62(51)74-64(53)39-56(59)69-65-54(35-55-47-22-12-14-24-60(47)72-67(55)66(65)70)50-38-63-52(48-23-13-15-25-61(48)73-63)36-58(50)71(69)46-29-26-41(27-30-46)40-16-6-4-7-17-40/h4-39H,1-3H3.